The Balaban J connectivity index is 1.58. The van der Waals surface area contributed by atoms with Crippen molar-refractivity contribution < 1.29 is 9.53 Å². The monoisotopic (exact) mass is 404 g/mol. The molecule has 1 aliphatic rings. The van der Waals surface area contributed by atoms with Crippen LogP contribution >= 0.6 is 11.6 Å². The van der Waals surface area contributed by atoms with Gasteiger partial charge in [0.1, 0.15) is 11.4 Å². The van der Waals surface area contributed by atoms with Crippen LogP contribution in [0.4, 0.5) is 11.6 Å². The van der Waals surface area contributed by atoms with Crippen molar-refractivity contribution in [1.29, 1.82) is 0 Å². The van der Waals surface area contributed by atoms with E-state index in [1.165, 1.54) is 0 Å². The summed E-state index contributed by atoms with van der Waals surface area (Å²) in [6.45, 7) is 9.08. The Morgan fingerprint density at radius 2 is 1.93 bits per heavy atom. The summed E-state index contributed by atoms with van der Waals surface area (Å²) in [4.78, 5) is 20.8. The molecule has 0 bridgehead atoms. The maximum absolute atomic E-state index is 12.0. The molecule has 2 aromatic rings. The maximum atomic E-state index is 12.0. The molecule has 0 aliphatic carbocycles. The van der Waals surface area contributed by atoms with Crippen molar-refractivity contribution in [2.45, 2.75) is 26.4 Å². The lowest BCUT2D eigenvalue weighted by Crippen LogP contribution is -2.48. The smallest absolute Gasteiger partial charge is 0.320 e. The summed E-state index contributed by atoms with van der Waals surface area (Å²) >= 11 is 5.91. The minimum absolute atomic E-state index is 0.189. The standard InChI is InChI=1S/C19H25ClN6O2/c1-19(2,3)28-17(27)12-25-6-8-26(9-7-25)16-5-4-13(11-22-16)14-10-15(20)23-24-18(14)21/h4-5,10-11H,6-9,12H2,1-3H3,(H2,21,24). The van der Waals surface area contributed by atoms with E-state index in [4.69, 9.17) is 22.1 Å². The zero-order valence-electron chi connectivity index (χ0n) is 16.4. The van der Waals surface area contributed by atoms with Gasteiger partial charge in [-0.1, -0.05) is 11.6 Å². The molecule has 2 aromatic heterocycles. The predicted molar refractivity (Wildman–Crippen MR) is 109 cm³/mol. The molecular formula is C19H25ClN6O2. The van der Waals surface area contributed by atoms with E-state index in [0.717, 1.165) is 37.6 Å². The van der Waals surface area contributed by atoms with Gasteiger partial charge in [0, 0.05) is 43.5 Å². The highest BCUT2D eigenvalue weighted by Gasteiger charge is 2.23. The first-order chi connectivity index (χ1) is 13.2. The largest absolute Gasteiger partial charge is 0.459 e. The van der Waals surface area contributed by atoms with Crippen LogP contribution in [-0.2, 0) is 9.53 Å². The van der Waals surface area contributed by atoms with Crippen molar-refractivity contribution in [2.24, 2.45) is 0 Å². The molecule has 1 aliphatic heterocycles. The van der Waals surface area contributed by atoms with Gasteiger partial charge in [-0.2, -0.15) is 0 Å². The summed E-state index contributed by atoms with van der Waals surface area (Å²) < 4.78 is 5.39. The fourth-order valence-corrected chi connectivity index (χ4v) is 3.18. The first kappa shape index (κ1) is 20.3. The van der Waals surface area contributed by atoms with E-state index in [2.05, 4.69) is 25.0 Å². The van der Waals surface area contributed by atoms with Crippen LogP contribution in [-0.4, -0.2) is 64.4 Å². The van der Waals surface area contributed by atoms with Crippen molar-refractivity contribution in [3.05, 3.63) is 29.5 Å². The molecule has 150 valence electrons. The molecule has 2 N–H and O–H groups in total. The number of esters is 1. The Morgan fingerprint density at radius 3 is 2.54 bits per heavy atom. The SMILES string of the molecule is CC(C)(C)OC(=O)CN1CCN(c2ccc(-c3cc(Cl)nnc3N)cn2)CC1. The van der Waals surface area contributed by atoms with Crippen molar-refractivity contribution in [3.63, 3.8) is 0 Å². The number of nitrogens with zero attached hydrogens (tertiary/aromatic N) is 5. The van der Waals surface area contributed by atoms with E-state index >= 15 is 0 Å². The third kappa shape index (κ3) is 5.30. The average Bonchev–Trinajstić information content (AvgIpc) is 2.63. The van der Waals surface area contributed by atoms with Gasteiger partial charge in [0.2, 0.25) is 0 Å². The first-order valence-electron chi connectivity index (χ1n) is 9.15. The lowest BCUT2D eigenvalue weighted by molar-refractivity contribution is -0.156. The van der Waals surface area contributed by atoms with Crippen LogP contribution in [0.25, 0.3) is 11.1 Å². The molecule has 0 amide bonds. The van der Waals surface area contributed by atoms with Crippen LogP contribution in [0.2, 0.25) is 5.15 Å². The molecule has 0 aromatic carbocycles. The number of hydrogen-bond donors (Lipinski definition) is 1. The fraction of sp³-hybridized carbons (Fsp3) is 0.474. The average molecular weight is 405 g/mol. The Morgan fingerprint density at radius 1 is 1.21 bits per heavy atom. The zero-order chi connectivity index (χ0) is 20.3. The number of carbonyl (C=O) groups excluding carboxylic acids is 1. The van der Waals surface area contributed by atoms with E-state index < -0.39 is 5.60 Å². The van der Waals surface area contributed by atoms with Gasteiger partial charge in [0.25, 0.3) is 0 Å². The first-order valence-corrected chi connectivity index (χ1v) is 9.53. The minimum Gasteiger partial charge on any atom is -0.459 e. The summed E-state index contributed by atoms with van der Waals surface area (Å²) in [5.41, 5.74) is 6.97. The molecular weight excluding hydrogens is 380 g/mol. The second kappa shape index (κ2) is 8.28. The summed E-state index contributed by atoms with van der Waals surface area (Å²) in [5, 5.41) is 7.85. The highest BCUT2D eigenvalue weighted by atomic mass is 35.5. The topological polar surface area (TPSA) is 97.5 Å². The van der Waals surface area contributed by atoms with Crippen LogP contribution in [0.5, 0.6) is 0 Å². The third-order valence-electron chi connectivity index (χ3n) is 4.32. The lowest BCUT2D eigenvalue weighted by atomic mass is 10.1. The lowest BCUT2D eigenvalue weighted by Gasteiger charge is -2.35. The molecule has 0 atom stereocenters. The van der Waals surface area contributed by atoms with Gasteiger partial charge in [-0.25, -0.2) is 4.98 Å². The highest BCUT2D eigenvalue weighted by Crippen LogP contribution is 2.26. The molecule has 1 fully saturated rings. The fourth-order valence-electron chi connectivity index (χ4n) is 3.03. The summed E-state index contributed by atoms with van der Waals surface area (Å²) in [7, 11) is 0. The summed E-state index contributed by atoms with van der Waals surface area (Å²) in [6, 6.07) is 5.57. The molecule has 28 heavy (non-hydrogen) atoms. The van der Waals surface area contributed by atoms with Crippen LogP contribution in [0.3, 0.4) is 0 Å². The molecule has 1 saturated heterocycles. The molecule has 3 heterocycles. The Labute approximate surface area is 169 Å². The van der Waals surface area contributed by atoms with E-state index in [1.54, 1.807) is 12.3 Å². The number of carbonyl (C=O) groups is 1. The summed E-state index contributed by atoms with van der Waals surface area (Å²) in [6.07, 6.45) is 1.76. The summed E-state index contributed by atoms with van der Waals surface area (Å²) in [5.74, 6) is 1.01. The second-order valence-electron chi connectivity index (χ2n) is 7.72. The van der Waals surface area contributed by atoms with Crippen LogP contribution in [0, 0.1) is 0 Å². The van der Waals surface area contributed by atoms with Gasteiger partial charge in [0.05, 0.1) is 6.54 Å². The number of nitrogens with two attached hydrogens (primary N) is 1. The third-order valence-corrected chi connectivity index (χ3v) is 4.51. The molecule has 0 saturated carbocycles. The zero-order valence-corrected chi connectivity index (χ0v) is 17.1. The molecule has 0 radical (unpaired) electrons. The van der Waals surface area contributed by atoms with Crippen molar-refractivity contribution in [2.75, 3.05) is 43.4 Å². The van der Waals surface area contributed by atoms with Crippen LogP contribution in [0.1, 0.15) is 20.8 Å². The number of nitrogen functional groups attached to an aromatic ring is 1. The molecule has 8 nitrogen and oxygen atoms in total. The van der Waals surface area contributed by atoms with Gasteiger partial charge in [0.15, 0.2) is 11.0 Å². The number of halogens is 1. The van der Waals surface area contributed by atoms with E-state index in [0.29, 0.717) is 17.9 Å². The molecule has 0 spiro atoms. The normalized spacial score (nSPS) is 15.5. The Hall–Kier alpha value is -2.45. The molecule has 3 rings (SSSR count). The van der Waals surface area contributed by atoms with Gasteiger partial charge in [-0.15, -0.1) is 10.2 Å². The predicted octanol–water partition coefficient (Wildman–Crippen LogP) is 2.24. The number of anilines is 2. The van der Waals surface area contributed by atoms with Crippen LogP contribution in [0.15, 0.2) is 24.4 Å². The second-order valence-corrected chi connectivity index (χ2v) is 8.11. The van der Waals surface area contributed by atoms with E-state index in [9.17, 15) is 4.79 Å². The highest BCUT2D eigenvalue weighted by molar-refractivity contribution is 6.29. The Kier molecular flexibility index (Phi) is 6.00. The van der Waals surface area contributed by atoms with Gasteiger partial charge in [-0.3, -0.25) is 9.69 Å². The van der Waals surface area contributed by atoms with E-state index in [-0.39, 0.29) is 11.1 Å². The van der Waals surface area contributed by atoms with Gasteiger partial charge in [-0.05, 0) is 39.0 Å². The number of pyridine rings is 1. The minimum atomic E-state index is -0.456. The quantitative estimate of drug-likeness (QED) is 0.775. The number of rotatable bonds is 4. The molecule has 9 heteroatoms. The number of hydrogen-bond acceptors (Lipinski definition) is 8. The van der Waals surface area contributed by atoms with E-state index in [1.807, 2.05) is 32.9 Å². The van der Waals surface area contributed by atoms with Crippen molar-refractivity contribution in [1.82, 2.24) is 20.1 Å². The van der Waals surface area contributed by atoms with Crippen molar-refractivity contribution in [3.8, 4) is 11.1 Å². The number of ether oxygens (including phenoxy) is 1. The number of piperazine rings is 1. The molecule has 0 unspecified atom stereocenters. The maximum Gasteiger partial charge on any atom is 0.320 e. The van der Waals surface area contributed by atoms with Crippen molar-refractivity contribution >= 4 is 29.2 Å². The Bertz CT molecular complexity index is 829. The van der Waals surface area contributed by atoms with Gasteiger partial charge < -0.3 is 15.4 Å². The van der Waals surface area contributed by atoms with Crippen LogP contribution < -0.4 is 10.6 Å². The van der Waals surface area contributed by atoms with Gasteiger partial charge >= 0.3 is 5.97 Å². The number of aromatic nitrogens is 3.